The summed E-state index contributed by atoms with van der Waals surface area (Å²) in [5, 5.41) is 10.4. The van der Waals surface area contributed by atoms with Gasteiger partial charge in [0.2, 0.25) is 0 Å². The van der Waals surface area contributed by atoms with Gasteiger partial charge in [-0.25, -0.2) is 9.78 Å². The number of thiazole rings is 1. The molecule has 3 rings (SSSR count). The van der Waals surface area contributed by atoms with Crippen LogP contribution in [0.25, 0.3) is 0 Å². The Morgan fingerprint density at radius 3 is 3.14 bits per heavy atom. The summed E-state index contributed by atoms with van der Waals surface area (Å²) in [7, 11) is 0. The van der Waals surface area contributed by atoms with E-state index in [1.54, 1.807) is 24.3 Å². The fraction of sp³-hybridized carbons (Fsp3) is 0.500. The van der Waals surface area contributed by atoms with Gasteiger partial charge in [0.25, 0.3) is 0 Å². The Morgan fingerprint density at radius 2 is 2.38 bits per heavy atom. The van der Waals surface area contributed by atoms with Gasteiger partial charge in [-0.05, 0) is 33.1 Å². The third-order valence-electron chi connectivity index (χ3n) is 3.56. The van der Waals surface area contributed by atoms with Crippen LogP contribution in [-0.4, -0.2) is 22.7 Å². The first-order valence-electron chi connectivity index (χ1n) is 7.06. The molecule has 0 fully saturated rings. The number of carbonyl (C=O) groups excluding carboxylic acids is 1. The second-order valence-electron chi connectivity index (χ2n) is 5.29. The number of rotatable bonds is 3. The molecule has 2 aromatic heterocycles. The molecule has 1 aliphatic rings. The Labute approximate surface area is 126 Å². The van der Waals surface area contributed by atoms with Crippen molar-refractivity contribution >= 4 is 23.2 Å². The second kappa shape index (κ2) is 5.85. The molecule has 2 amide bonds. The summed E-state index contributed by atoms with van der Waals surface area (Å²) in [5.41, 5.74) is 1.17. The zero-order valence-electron chi connectivity index (χ0n) is 12.1. The van der Waals surface area contributed by atoms with Gasteiger partial charge in [0.15, 0.2) is 5.82 Å². The van der Waals surface area contributed by atoms with Crippen molar-refractivity contribution in [1.29, 1.82) is 0 Å². The van der Waals surface area contributed by atoms with Crippen LogP contribution in [0.15, 0.2) is 10.6 Å². The highest BCUT2D eigenvalue weighted by molar-refractivity contribution is 7.11. The van der Waals surface area contributed by atoms with Gasteiger partial charge in [0.05, 0.1) is 10.7 Å². The summed E-state index contributed by atoms with van der Waals surface area (Å²) in [6, 6.07) is 1.42. The minimum Gasteiger partial charge on any atom is -0.360 e. The van der Waals surface area contributed by atoms with E-state index in [9.17, 15) is 4.79 Å². The average Bonchev–Trinajstić information content (AvgIpc) is 3.01. The largest absolute Gasteiger partial charge is 0.360 e. The van der Waals surface area contributed by atoms with Gasteiger partial charge >= 0.3 is 6.03 Å². The van der Waals surface area contributed by atoms with Gasteiger partial charge in [0.1, 0.15) is 5.76 Å². The van der Waals surface area contributed by atoms with Crippen molar-refractivity contribution in [2.24, 2.45) is 0 Å². The molecular weight excluding hydrogens is 288 g/mol. The Kier molecular flexibility index (Phi) is 3.92. The highest BCUT2D eigenvalue weighted by Gasteiger charge is 2.24. The van der Waals surface area contributed by atoms with E-state index in [2.05, 4.69) is 20.8 Å². The number of aryl methyl sites for hydroxylation is 3. The molecule has 0 aliphatic heterocycles. The van der Waals surface area contributed by atoms with Crippen LogP contribution in [0, 0.1) is 13.8 Å². The number of amides is 2. The monoisotopic (exact) mass is 306 g/mol. The summed E-state index contributed by atoms with van der Waals surface area (Å²) in [6.07, 6.45) is 3.34. The first-order valence-corrected chi connectivity index (χ1v) is 7.88. The first kappa shape index (κ1) is 14.1. The van der Waals surface area contributed by atoms with E-state index >= 15 is 0 Å². The van der Waals surface area contributed by atoms with Crippen molar-refractivity contribution in [3.05, 3.63) is 27.4 Å². The van der Waals surface area contributed by atoms with Crippen molar-refractivity contribution in [3.63, 3.8) is 0 Å². The lowest BCUT2D eigenvalue weighted by molar-refractivity contribution is 0.250. The van der Waals surface area contributed by atoms with Crippen LogP contribution in [-0.2, 0) is 6.42 Å². The summed E-state index contributed by atoms with van der Waals surface area (Å²) < 4.78 is 4.91. The SMILES string of the molecule is Cc1cc(NC(=O)NC[C@@H]2CCCc3sc(C)nc32)no1. The number of fused-ring (bicyclic) bond motifs is 1. The third-order valence-corrected chi connectivity index (χ3v) is 4.60. The van der Waals surface area contributed by atoms with E-state index in [1.165, 1.54) is 10.6 Å². The van der Waals surface area contributed by atoms with Gasteiger partial charge in [-0.3, -0.25) is 5.32 Å². The normalized spacial score (nSPS) is 17.3. The summed E-state index contributed by atoms with van der Waals surface area (Å²) in [5.74, 6) is 1.41. The lowest BCUT2D eigenvalue weighted by Crippen LogP contribution is -2.33. The Balaban J connectivity index is 1.57. The fourth-order valence-corrected chi connectivity index (χ4v) is 3.69. The Bertz CT molecular complexity index is 649. The molecule has 0 bridgehead atoms. The number of hydrogen-bond acceptors (Lipinski definition) is 5. The smallest absolute Gasteiger partial charge is 0.320 e. The van der Waals surface area contributed by atoms with Crippen LogP contribution >= 0.6 is 11.3 Å². The van der Waals surface area contributed by atoms with Crippen molar-refractivity contribution in [3.8, 4) is 0 Å². The van der Waals surface area contributed by atoms with E-state index in [-0.39, 0.29) is 6.03 Å². The Morgan fingerprint density at radius 1 is 1.52 bits per heavy atom. The maximum atomic E-state index is 11.9. The van der Waals surface area contributed by atoms with Crippen molar-refractivity contribution in [1.82, 2.24) is 15.5 Å². The van der Waals surface area contributed by atoms with E-state index in [0.717, 1.165) is 24.3 Å². The van der Waals surface area contributed by atoms with Crippen LogP contribution in [0.4, 0.5) is 10.6 Å². The topological polar surface area (TPSA) is 80.0 Å². The van der Waals surface area contributed by atoms with Gasteiger partial charge in [-0.15, -0.1) is 11.3 Å². The van der Waals surface area contributed by atoms with Crippen LogP contribution in [0.5, 0.6) is 0 Å². The number of hydrogen-bond donors (Lipinski definition) is 2. The van der Waals surface area contributed by atoms with E-state index in [1.807, 2.05) is 6.92 Å². The van der Waals surface area contributed by atoms with Crippen molar-refractivity contribution < 1.29 is 9.32 Å². The first-order chi connectivity index (χ1) is 10.1. The van der Waals surface area contributed by atoms with Crippen LogP contribution < -0.4 is 10.6 Å². The minimum absolute atomic E-state index is 0.262. The molecule has 1 aliphatic carbocycles. The zero-order chi connectivity index (χ0) is 14.8. The molecule has 21 heavy (non-hydrogen) atoms. The van der Waals surface area contributed by atoms with Gasteiger partial charge < -0.3 is 9.84 Å². The van der Waals surface area contributed by atoms with Crippen molar-refractivity contribution in [2.75, 3.05) is 11.9 Å². The maximum Gasteiger partial charge on any atom is 0.320 e. The number of carbonyl (C=O) groups is 1. The number of urea groups is 1. The second-order valence-corrected chi connectivity index (χ2v) is 6.58. The summed E-state index contributed by atoms with van der Waals surface area (Å²) >= 11 is 1.77. The molecule has 7 heteroatoms. The van der Waals surface area contributed by atoms with Gasteiger partial charge in [-0.1, -0.05) is 5.16 Å². The molecule has 2 heterocycles. The fourth-order valence-electron chi connectivity index (χ4n) is 2.63. The number of anilines is 1. The van der Waals surface area contributed by atoms with E-state index in [0.29, 0.717) is 24.0 Å². The standard InChI is InChI=1S/C14H18N4O2S/c1-8-6-12(18-20-8)17-14(19)15-7-10-4-3-5-11-13(10)16-9(2)21-11/h6,10H,3-5,7H2,1-2H3,(H2,15,17,18,19)/t10-/m0/s1. The van der Waals surface area contributed by atoms with Crippen LogP contribution in [0.2, 0.25) is 0 Å². The number of nitrogens with one attached hydrogen (secondary N) is 2. The molecule has 0 aromatic carbocycles. The highest BCUT2D eigenvalue weighted by atomic mass is 32.1. The average molecular weight is 306 g/mol. The maximum absolute atomic E-state index is 11.9. The molecule has 2 aromatic rings. The molecule has 0 spiro atoms. The summed E-state index contributed by atoms with van der Waals surface area (Å²) in [6.45, 7) is 4.41. The van der Waals surface area contributed by atoms with Crippen molar-refractivity contribution in [2.45, 2.75) is 39.0 Å². The minimum atomic E-state index is -0.262. The zero-order valence-corrected chi connectivity index (χ0v) is 12.9. The lowest BCUT2D eigenvalue weighted by atomic mass is 9.91. The highest BCUT2D eigenvalue weighted by Crippen LogP contribution is 2.34. The molecule has 0 radical (unpaired) electrons. The quantitative estimate of drug-likeness (QED) is 0.913. The Hall–Kier alpha value is -1.89. The molecule has 112 valence electrons. The van der Waals surface area contributed by atoms with Crippen LogP contribution in [0.3, 0.4) is 0 Å². The van der Waals surface area contributed by atoms with E-state index in [4.69, 9.17) is 4.52 Å². The molecular formula is C14H18N4O2S. The molecule has 0 saturated carbocycles. The number of aromatic nitrogens is 2. The predicted molar refractivity (Wildman–Crippen MR) is 80.8 cm³/mol. The van der Waals surface area contributed by atoms with E-state index < -0.39 is 0 Å². The lowest BCUT2D eigenvalue weighted by Gasteiger charge is -2.21. The molecule has 0 saturated heterocycles. The summed E-state index contributed by atoms with van der Waals surface area (Å²) in [4.78, 5) is 17.9. The molecule has 2 N–H and O–H groups in total. The number of nitrogens with zero attached hydrogens (tertiary/aromatic N) is 2. The molecule has 6 nitrogen and oxygen atoms in total. The van der Waals surface area contributed by atoms with Gasteiger partial charge in [-0.2, -0.15) is 0 Å². The third kappa shape index (κ3) is 3.24. The van der Waals surface area contributed by atoms with Crippen LogP contribution in [0.1, 0.15) is 40.1 Å². The predicted octanol–water partition coefficient (Wildman–Crippen LogP) is 2.99. The molecule has 0 unspecified atom stereocenters. The molecule has 1 atom stereocenters. The van der Waals surface area contributed by atoms with Gasteiger partial charge in [0, 0.05) is 23.4 Å².